The zero-order valence-corrected chi connectivity index (χ0v) is 9.81. The van der Waals surface area contributed by atoms with Gasteiger partial charge in [-0.1, -0.05) is 25.4 Å². The van der Waals surface area contributed by atoms with Crippen molar-refractivity contribution < 1.29 is 0 Å². The van der Waals surface area contributed by atoms with Gasteiger partial charge in [0.25, 0.3) is 0 Å². The van der Waals surface area contributed by atoms with E-state index in [1.54, 1.807) is 0 Å². The van der Waals surface area contributed by atoms with Gasteiger partial charge in [0.05, 0.1) is 0 Å². The fourth-order valence-corrected chi connectivity index (χ4v) is 1.87. The third kappa shape index (κ3) is 2.35. The number of halogens is 1. The third-order valence-corrected chi connectivity index (χ3v) is 2.29. The zero-order valence-electron chi connectivity index (χ0n) is 9.06. The molecule has 0 aliphatic rings. The van der Waals surface area contributed by atoms with Gasteiger partial charge < -0.3 is 5.32 Å². The molecule has 78 valence electrons. The molecule has 0 aliphatic carbocycles. The Balaban J connectivity index is 3.11. The molecule has 0 radical (unpaired) electrons. The second-order valence-corrected chi connectivity index (χ2v) is 3.88. The smallest absolute Gasteiger partial charge is 0.224 e. The van der Waals surface area contributed by atoms with Crippen molar-refractivity contribution in [2.24, 2.45) is 0 Å². The SMILES string of the molecule is CCNc1nc(C)c(C(C)C)c(Cl)n1. The lowest BCUT2D eigenvalue weighted by molar-refractivity contribution is 0.829. The normalized spacial score (nSPS) is 10.7. The van der Waals surface area contributed by atoms with Gasteiger partial charge in [-0.3, -0.25) is 0 Å². The Morgan fingerprint density at radius 1 is 1.36 bits per heavy atom. The molecule has 0 unspecified atom stereocenters. The third-order valence-electron chi connectivity index (χ3n) is 2.00. The lowest BCUT2D eigenvalue weighted by Crippen LogP contribution is -2.06. The molecule has 0 bridgehead atoms. The molecule has 0 aliphatic heterocycles. The molecule has 1 rings (SSSR count). The van der Waals surface area contributed by atoms with Crippen molar-refractivity contribution in [2.45, 2.75) is 33.6 Å². The maximum atomic E-state index is 6.07. The molecule has 4 heteroatoms. The Kier molecular flexibility index (Phi) is 3.69. The van der Waals surface area contributed by atoms with E-state index >= 15 is 0 Å². The van der Waals surface area contributed by atoms with Crippen LogP contribution in [-0.4, -0.2) is 16.5 Å². The minimum absolute atomic E-state index is 0.359. The zero-order chi connectivity index (χ0) is 10.7. The van der Waals surface area contributed by atoms with Crippen LogP contribution in [0.5, 0.6) is 0 Å². The Hall–Kier alpha value is -0.830. The van der Waals surface area contributed by atoms with E-state index in [2.05, 4.69) is 29.1 Å². The van der Waals surface area contributed by atoms with Crippen LogP contribution < -0.4 is 5.32 Å². The van der Waals surface area contributed by atoms with Crippen molar-refractivity contribution in [3.8, 4) is 0 Å². The van der Waals surface area contributed by atoms with E-state index in [1.165, 1.54) is 0 Å². The lowest BCUT2D eigenvalue weighted by Gasteiger charge is -2.12. The van der Waals surface area contributed by atoms with E-state index in [1.807, 2.05) is 13.8 Å². The number of anilines is 1. The summed E-state index contributed by atoms with van der Waals surface area (Å²) in [5.41, 5.74) is 1.99. The lowest BCUT2D eigenvalue weighted by atomic mass is 10.0. The van der Waals surface area contributed by atoms with E-state index in [0.717, 1.165) is 17.8 Å². The minimum atomic E-state index is 0.359. The van der Waals surface area contributed by atoms with Gasteiger partial charge in [-0.2, -0.15) is 0 Å². The van der Waals surface area contributed by atoms with Crippen molar-refractivity contribution in [2.75, 3.05) is 11.9 Å². The van der Waals surface area contributed by atoms with Gasteiger partial charge in [-0.15, -0.1) is 0 Å². The van der Waals surface area contributed by atoms with Crippen LogP contribution in [0, 0.1) is 6.92 Å². The number of aryl methyl sites for hydroxylation is 1. The molecule has 0 spiro atoms. The number of nitrogens with one attached hydrogen (secondary N) is 1. The van der Waals surface area contributed by atoms with Gasteiger partial charge in [-0.05, 0) is 19.8 Å². The summed E-state index contributed by atoms with van der Waals surface area (Å²) < 4.78 is 0. The molecular weight excluding hydrogens is 198 g/mol. The molecule has 1 aromatic heterocycles. The molecule has 3 nitrogen and oxygen atoms in total. The Bertz CT molecular complexity index is 300. The van der Waals surface area contributed by atoms with Gasteiger partial charge in [-0.25, -0.2) is 9.97 Å². The van der Waals surface area contributed by atoms with Crippen LogP contribution in [0.25, 0.3) is 0 Å². The average molecular weight is 214 g/mol. The van der Waals surface area contributed by atoms with Crippen LogP contribution in [0.2, 0.25) is 5.15 Å². The highest BCUT2D eigenvalue weighted by molar-refractivity contribution is 6.30. The van der Waals surface area contributed by atoms with Crippen LogP contribution in [0.15, 0.2) is 0 Å². The van der Waals surface area contributed by atoms with Gasteiger partial charge >= 0.3 is 0 Å². The van der Waals surface area contributed by atoms with Crippen molar-refractivity contribution in [3.05, 3.63) is 16.4 Å². The summed E-state index contributed by atoms with van der Waals surface area (Å²) in [7, 11) is 0. The molecule has 1 aromatic rings. The molecule has 0 saturated carbocycles. The number of hydrogen-bond acceptors (Lipinski definition) is 3. The first-order valence-corrected chi connectivity index (χ1v) is 5.22. The Labute approximate surface area is 89.9 Å². The predicted molar refractivity (Wildman–Crippen MR) is 60.0 cm³/mol. The topological polar surface area (TPSA) is 37.8 Å². The second-order valence-electron chi connectivity index (χ2n) is 3.52. The molecule has 0 amide bonds. The van der Waals surface area contributed by atoms with Gasteiger partial charge in [0.15, 0.2) is 0 Å². The summed E-state index contributed by atoms with van der Waals surface area (Å²) >= 11 is 6.07. The van der Waals surface area contributed by atoms with E-state index in [4.69, 9.17) is 11.6 Å². The van der Waals surface area contributed by atoms with Crippen LogP contribution in [0.4, 0.5) is 5.95 Å². The van der Waals surface area contributed by atoms with E-state index in [9.17, 15) is 0 Å². The van der Waals surface area contributed by atoms with Gasteiger partial charge in [0.2, 0.25) is 5.95 Å². The van der Waals surface area contributed by atoms with E-state index in [0.29, 0.717) is 17.0 Å². The first kappa shape index (κ1) is 11.2. The van der Waals surface area contributed by atoms with E-state index < -0.39 is 0 Å². The van der Waals surface area contributed by atoms with Crippen LogP contribution >= 0.6 is 11.6 Å². The molecule has 14 heavy (non-hydrogen) atoms. The highest BCUT2D eigenvalue weighted by Gasteiger charge is 2.12. The summed E-state index contributed by atoms with van der Waals surface area (Å²) in [4.78, 5) is 8.53. The molecule has 0 atom stereocenters. The Morgan fingerprint density at radius 2 is 2.00 bits per heavy atom. The second kappa shape index (κ2) is 4.60. The maximum absolute atomic E-state index is 6.07. The van der Waals surface area contributed by atoms with Gasteiger partial charge in [0, 0.05) is 17.8 Å². The molecule has 0 aromatic carbocycles. The quantitative estimate of drug-likeness (QED) is 0.785. The molecule has 1 N–H and O–H groups in total. The predicted octanol–water partition coefficient (Wildman–Crippen LogP) is 2.99. The molecular formula is C10H16ClN3. The number of nitrogens with zero attached hydrogens (tertiary/aromatic N) is 2. The highest BCUT2D eigenvalue weighted by Crippen LogP contribution is 2.25. The van der Waals surface area contributed by atoms with Crippen LogP contribution in [-0.2, 0) is 0 Å². The standard InChI is InChI=1S/C10H16ClN3/c1-5-12-10-13-7(4)8(6(2)3)9(11)14-10/h6H,5H2,1-4H3,(H,12,13,14). The average Bonchev–Trinajstić information content (AvgIpc) is 2.01. The highest BCUT2D eigenvalue weighted by atomic mass is 35.5. The minimum Gasteiger partial charge on any atom is -0.354 e. The summed E-state index contributed by atoms with van der Waals surface area (Å²) in [5.74, 6) is 0.970. The summed E-state index contributed by atoms with van der Waals surface area (Å²) in [6.45, 7) is 8.94. The van der Waals surface area contributed by atoms with Gasteiger partial charge in [0.1, 0.15) is 5.15 Å². The maximum Gasteiger partial charge on any atom is 0.224 e. The number of rotatable bonds is 3. The molecule has 0 fully saturated rings. The van der Waals surface area contributed by atoms with E-state index in [-0.39, 0.29) is 0 Å². The molecule has 1 heterocycles. The molecule has 0 saturated heterocycles. The fraction of sp³-hybridized carbons (Fsp3) is 0.600. The summed E-state index contributed by atoms with van der Waals surface area (Å²) in [5, 5.41) is 3.61. The monoisotopic (exact) mass is 213 g/mol. The fourth-order valence-electron chi connectivity index (χ4n) is 1.44. The number of hydrogen-bond donors (Lipinski definition) is 1. The first-order valence-electron chi connectivity index (χ1n) is 4.84. The van der Waals surface area contributed by atoms with Crippen molar-refractivity contribution in [3.63, 3.8) is 0 Å². The summed E-state index contributed by atoms with van der Waals surface area (Å²) in [6, 6.07) is 0. The Morgan fingerprint density at radius 3 is 2.43 bits per heavy atom. The van der Waals surface area contributed by atoms with Crippen molar-refractivity contribution in [1.29, 1.82) is 0 Å². The summed E-state index contributed by atoms with van der Waals surface area (Å²) in [6.07, 6.45) is 0. The van der Waals surface area contributed by atoms with Crippen molar-refractivity contribution in [1.82, 2.24) is 9.97 Å². The number of aromatic nitrogens is 2. The van der Waals surface area contributed by atoms with Crippen LogP contribution in [0.3, 0.4) is 0 Å². The van der Waals surface area contributed by atoms with Crippen molar-refractivity contribution >= 4 is 17.5 Å². The first-order chi connectivity index (χ1) is 6.56. The largest absolute Gasteiger partial charge is 0.354 e. The van der Waals surface area contributed by atoms with Crippen LogP contribution in [0.1, 0.15) is 37.9 Å².